The summed E-state index contributed by atoms with van der Waals surface area (Å²) in [5.41, 5.74) is 2.89. The van der Waals surface area contributed by atoms with Crippen molar-refractivity contribution in [2.24, 2.45) is 0 Å². The van der Waals surface area contributed by atoms with Gasteiger partial charge >= 0.3 is 0 Å². The van der Waals surface area contributed by atoms with E-state index >= 15 is 0 Å². The molecule has 0 aliphatic rings. The standard InChI is InChI=1S/C24H23N5O2S2/c1-3-29-22(20-8-5-13-32-20)27-28-24(29)33-15-21(30)25-18-6-4-7-19(14-18)26-23(31)17-11-9-16(2)10-12-17/h4-14H,3,15H2,1-2H3,(H,25,30)(H,26,31). The Bertz CT molecular complexity index is 1250. The third-order valence-corrected chi connectivity index (χ3v) is 6.66. The largest absolute Gasteiger partial charge is 0.325 e. The van der Waals surface area contributed by atoms with E-state index in [0.29, 0.717) is 28.6 Å². The van der Waals surface area contributed by atoms with E-state index in [0.717, 1.165) is 16.3 Å². The van der Waals surface area contributed by atoms with Crippen LogP contribution in [-0.4, -0.2) is 32.3 Å². The van der Waals surface area contributed by atoms with Gasteiger partial charge in [-0.3, -0.25) is 9.59 Å². The van der Waals surface area contributed by atoms with Gasteiger partial charge in [0.25, 0.3) is 5.91 Å². The van der Waals surface area contributed by atoms with Gasteiger partial charge in [0, 0.05) is 23.5 Å². The Morgan fingerprint density at radius 2 is 1.76 bits per heavy atom. The van der Waals surface area contributed by atoms with E-state index in [1.54, 1.807) is 47.7 Å². The maximum atomic E-state index is 12.5. The van der Waals surface area contributed by atoms with Gasteiger partial charge in [-0.1, -0.05) is 41.6 Å². The molecule has 2 aromatic carbocycles. The second-order valence-corrected chi connectivity index (χ2v) is 9.16. The Balaban J connectivity index is 1.35. The van der Waals surface area contributed by atoms with Crippen molar-refractivity contribution in [3.05, 3.63) is 77.2 Å². The fraction of sp³-hybridized carbons (Fsp3) is 0.167. The number of thioether (sulfide) groups is 1. The summed E-state index contributed by atoms with van der Waals surface area (Å²) in [6.45, 7) is 4.72. The molecule has 7 nitrogen and oxygen atoms in total. The van der Waals surface area contributed by atoms with Gasteiger partial charge in [0.2, 0.25) is 5.91 Å². The summed E-state index contributed by atoms with van der Waals surface area (Å²) in [6.07, 6.45) is 0. The van der Waals surface area contributed by atoms with Crippen LogP contribution in [0.1, 0.15) is 22.8 Å². The van der Waals surface area contributed by atoms with E-state index in [9.17, 15) is 9.59 Å². The second-order valence-electron chi connectivity index (χ2n) is 7.27. The highest BCUT2D eigenvalue weighted by atomic mass is 32.2. The lowest BCUT2D eigenvalue weighted by molar-refractivity contribution is -0.113. The molecule has 0 atom stereocenters. The van der Waals surface area contributed by atoms with E-state index in [2.05, 4.69) is 20.8 Å². The molecule has 2 heterocycles. The molecule has 0 fully saturated rings. The van der Waals surface area contributed by atoms with Crippen molar-refractivity contribution in [2.45, 2.75) is 25.5 Å². The molecule has 0 radical (unpaired) electrons. The number of hydrogen-bond acceptors (Lipinski definition) is 6. The molecular formula is C24H23N5O2S2. The lowest BCUT2D eigenvalue weighted by Crippen LogP contribution is -2.15. The summed E-state index contributed by atoms with van der Waals surface area (Å²) in [7, 11) is 0. The highest BCUT2D eigenvalue weighted by Gasteiger charge is 2.15. The highest BCUT2D eigenvalue weighted by molar-refractivity contribution is 7.99. The van der Waals surface area contributed by atoms with Crippen LogP contribution in [0.5, 0.6) is 0 Å². The fourth-order valence-corrected chi connectivity index (χ4v) is 4.70. The van der Waals surface area contributed by atoms with Crippen LogP contribution in [-0.2, 0) is 11.3 Å². The number of amides is 2. The van der Waals surface area contributed by atoms with E-state index in [4.69, 9.17) is 0 Å². The molecule has 0 bridgehead atoms. The first-order chi connectivity index (χ1) is 16.0. The van der Waals surface area contributed by atoms with Crippen molar-refractivity contribution in [1.82, 2.24) is 14.8 Å². The molecule has 0 saturated heterocycles. The maximum absolute atomic E-state index is 12.5. The van der Waals surface area contributed by atoms with Crippen LogP contribution in [0, 0.1) is 6.92 Å². The molecule has 2 aromatic heterocycles. The normalized spacial score (nSPS) is 10.7. The minimum absolute atomic E-state index is 0.162. The fourth-order valence-electron chi connectivity index (χ4n) is 3.18. The van der Waals surface area contributed by atoms with Gasteiger partial charge in [-0.15, -0.1) is 21.5 Å². The van der Waals surface area contributed by atoms with Gasteiger partial charge in [-0.05, 0) is 55.6 Å². The molecule has 4 rings (SSSR count). The summed E-state index contributed by atoms with van der Waals surface area (Å²) in [5.74, 6) is 0.648. The van der Waals surface area contributed by atoms with E-state index in [1.807, 2.05) is 48.1 Å². The smallest absolute Gasteiger partial charge is 0.255 e. The van der Waals surface area contributed by atoms with Gasteiger partial charge in [-0.25, -0.2) is 0 Å². The van der Waals surface area contributed by atoms with Gasteiger partial charge in [0.1, 0.15) is 0 Å². The Kier molecular flexibility index (Phi) is 7.21. The predicted molar refractivity (Wildman–Crippen MR) is 134 cm³/mol. The Morgan fingerprint density at radius 1 is 1.00 bits per heavy atom. The molecule has 33 heavy (non-hydrogen) atoms. The van der Waals surface area contributed by atoms with Crippen molar-refractivity contribution < 1.29 is 9.59 Å². The first kappa shape index (κ1) is 22.8. The number of benzene rings is 2. The van der Waals surface area contributed by atoms with Crippen molar-refractivity contribution in [1.29, 1.82) is 0 Å². The SMILES string of the molecule is CCn1c(SCC(=O)Nc2cccc(NC(=O)c3ccc(C)cc3)c2)nnc1-c1cccs1. The summed E-state index contributed by atoms with van der Waals surface area (Å²) in [4.78, 5) is 26.0. The van der Waals surface area contributed by atoms with Gasteiger partial charge < -0.3 is 15.2 Å². The first-order valence-corrected chi connectivity index (χ1v) is 12.3. The highest BCUT2D eigenvalue weighted by Crippen LogP contribution is 2.27. The number of nitrogens with one attached hydrogen (secondary N) is 2. The van der Waals surface area contributed by atoms with E-state index in [1.165, 1.54) is 11.8 Å². The zero-order chi connectivity index (χ0) is 23.2. The maximum Gasteiger partial charge on any atom is 0.255 e. The van der Waals surface area contributed by atoms with Crippen LogP contribution in [0.15, 0.2) is 71.2 Å². The molecule has 2 N–H and O–H groups in total. The van der Waals surface area contributed by atoms with Crippen LogP contribution in [0.2, 0.25) is 0 Å². The summed E-state index contributed by atoms with van der Waals surface area (Å²) < 4.78 is 2.00. The lowest BCUT2D eigenvalue weighted by Gasteiger charge is -2.09. The number of aromatic nitrogens is 3. The summed E-state index contributed by atoms with van der Waals surface area (Å²) in [6, 6.07) is 18.4. The lowest BCUT2D eigenvalue weighted by atomic mass is 10.1. The monoisotopic (exact) mass is 477 g/mol. The van der Waals surface area contributed by atoms with Gasteiger partial charge in [0.15, 0.2) is 11.0 Å². The zero-order valence-corrected chi connectivity index (χ0v) is 19.9. The number of anilines is 2. The number of carbonyl (C=O) groups excluding carboxylic acids is 2. The molecule has 0 saturated carbocycles. The van der Waals surface area contributed by atoms with Crippen LogP contribution < -0.4 is 10.6 Å². The number of hydrogen-bond donors (Lipinski definition) is 2. The summed E-state index contributed by atoms with van der Waals surface area (Å²) in [5, 5.41) is 17.0. The average molecular weight is 478 g/mol. The molecule has 0 aliphatic carbocycles. The minimum Gasteiger partial charge on any atom is -0.325 e. The molecule has 0 spiro atoms. The van der Waals surface area contributed by atoms with Crippen molar-refractivity contribution in [3.63, 3.8) is 0 Å². The molecular weight excluding hydrogens is 454 g/mol. The van der Waals surface area contributed by atoms with Crippen molar-refractivity contribution in [2.75, 3.05) is 16.4 Å². The van der Waals surface area contributed by atoms with E-state index < -0.39 is 0 Å². The number of carbonyl (C=O) groups is 2. The zero-order valence-electron chi connectivity index (χ0n) is 18.2. The number of nitrogens with zero attached hydrogens (tertiary/aromatic N) is 3. The predicted octanol–water partition coefficient (Wildman–Crippen LogP) is 5.32. The molecule has 9 heteroatoms. The number of aryl methyl sites for hydroxylation is 1. The second kappa shape index (κ2) is 10.5. The van der Waals surface area contributed by atoms with E-state index in [-0.39, 0.29) is 17.6 Å². The average Bonchev–Trinajstić information content (AvgIpc) is 3.48. The number of rotatable bonds is 8. The van der Waals surface area contributed by atoms with Gasteiger partial charge in [-0.2, -0.15) is 0 Å². The van der Waals surface area contributed by atoms with Crippen LogP contribution >= 0.6 is 23.1 Å². The molecule has 4 aromatic rings. The van der Waals surface area contributed by atoms with Gasteiger partial charge in [0.05, 0.1) is 10.6 Å². The Morgan fingerprint density at radius 3 is 2.45 bits per heavy atom. The minimum atomic E-state index is -0.200. The Hall–Kier alpha value is -3.43. The van der Waals surface area contributed by atoms with Crippen LogP contribution in [0.3, 0.4) is 0 Å². The molecule has 168 valence electrons. The van der Waals surface area contributed by atoms with Crippen molar-refractivity contribution >= 4 is 46.3 Å². The van der Waals surface area contributed by atoms with Crippen molar-refractivity contribution in [3.8, 4) is 10.7 Å². The molecule has 0 aliphatic heterocycles. The molecule has 2 amide bonds. The molecule has 0 unspecified atom stereocenters. The van der Waals surface area contributed by atoms with Crippen LogP contribution in [0.25, 0.3) is 10.7 Å². The van der Waals surface area contributed by atoms with Crippen LogP contribution in [0.4, 0.5) is 11.4 Å². The third kappa shape index (κ3) is 5.68. The topological polar surface area (TPSA) is 88.9 Å². The summed E-state index contributed by atoms with van der Waals surface area (Å²) >= 11 is 2.95. The Labute approximate surface area is 200 Å². The first-order valence-electron chi connectivity index (χ1n) is 10.4. The third-order valence-electron chi connectivity index (χ3n) is 4.82. The number of thiophene rings is 1. The quantitative estimate of drug-likeness (QED) is 0.335.